The normalized spacial score (nSPS) is 10.3. The molecule has 1 aromatic carbocycles. The third-order valence-electron chi connectivity index (χ3n) is 3.80. The molecule has 0 saturated heterocycles. The number of benzene rings is 1. The number of carbonyl (C=O) groups excluding carboxylic acids is 3. The van der Waals surface area contributed by atoms with Crippen molar-refractivity contribution in [3.63, 3.8) is 0 Å². The fraction of sp³-hybridized carbons (Fsp3) is 0.278. The van der Waals surface area contributed by atoms with Gasteiger partial charge in [0, 0.05) is 20.2 Å². The van der Waals surface area contributed by atoms with Crippen molar-refractivity contribution in [3.8, 4) is 0 Å². The molecule has 0 spiro atoms. The summed E-state index contributed by atoms with van der Waals surface area (Å²) in [5.74, 6) is -1.78. The van der Waals surface area contributed by atoms with Gasteiger partial charge in [-0.2, -0.15) is 0 Å². The fourth-order valence-corrected chi connectivity index (χ4v) is 3.66. The van der Waals surface area contributed by atoms with Gasteiger partial charge in [-0.3, -0.25) is 19.7 Å². The molecule has 1 N–H and O–H groups in total. The number of thiophene rings is 1. The summed E-state index contributed by atoms with van der Waals surface area (Å²) >= 11 is 0.920. The predicted molar refractivity (Wildman–Crippen MR) is 104 cm³/mol. The number of nitro groups is 1. The molecule has 1 aromatic heterocycles. The van der Waals surface area contributed by atoms with E-state index >= 15 is 0 Å². The van der Waals surface area contributed by atoms with E-state index in [2.05, 4.69) is 5.32 Å². The first-order chi connectivity index (χ1) is 13.2. The van der Waals surface area contributed by atoms with Gasteiger partial charge in [-0.25, -0.2) is 4.79 Å². The topological polar surface area (TPSA) is 119 Å². The van der Waals surface area contributed by atoms with Gasteiger partial charge in [0.1, 0.15) is 10.6 Å². The molecule has 10 heteroatoms. The van der Waals surface area contributed by atoms with Crippen LogP contribution in [-0.2, 0) is 4.74 Å². The van der Waals surface area contributed by atoms with Gasteiger partial charge >= 0.3 is 5.97 Å². The number of carbonyl (C=O) groups is 3. The third-order valence-corrected chi connectivity index (χ3v) is 4.99. The van der Waals surface area contributed by atoms with Gasteiger partial charge in [-0.1, -0.05) is 12.1 Å². The molecule has 0 aliphatic rings. The maximum absolute atomic E-state index is 12.6. The molecule has 0 aliphatic carbocycles. The first kappa shape index (κ1) is 21.0. The molecular weight excluding hydrogens is 386 g/mol. The Morgan fingerprint density at radius 3 is 2.46 bits per heavy atom. The molecule has 148 valence electrons. The molecule has 0 fully saturated rings. The van der Waals surface area contributed by atoms with Crippen LogP contribution >= 0.6 is 11.3 Å². The molecule has 2 amide bonds. The molecule has 0 atom stereocenters. The Bertz CT molecular complexity index is 951. The van der Waals surface area contributed by atoms with Crippen LogP contribution in [0.1, 0.15) is 42.9 Å². The van der Waals surface area contributed by atoms with Gasteiger partial charge in [-0.05, 0) is 25.5 Å². The van der Waals surface area contributed by atoms with E-state index in [1.807, 2.05) is 0 Å². The van der Waals surface area contributed by atoms with Crippen molar-refractivity contribution >= 4 is 39.8 Å². The Labute approximate surface area is 165 Å². The number of para-hydroxylation sites is 1. The van der Waals surface area contributed by atoms with Crippen LogP contribution < -0.4 is 5.32 Å². The summed E-state index contributed by atoms with van der Waals surface area (Å²) in [6.45, 7) is 3.33. The molecule has 1 heterocycles. The average molecular weight is 405 g/mol. The Morgan fingerprint density at radius 1 is 1.25 bits per heavy atom. The zero-order valence-electron chi connectivity index (χ0n) is 15.8. The van der Waals surface area contributed by atoms with Gasteiger partial charge in [0.05, 0.1) is 22.0 Å². The second-order valence-electron chi connectivity index (χ2n) is 5.91. The lowest BCUT2D eigenvalue weighted by atomic mass is 10.1. The number of nitrogens with zero attached hydrogens (tertiary/aromatic N) is 2. The van der Waals surface area contributed by atoms with E-state index in [9.17, 15) is 24.5 Å². The molecule has 2 aromatic rings. The number of anilines is 1. The first-order valence-electron chi connectivity index (χ1n) is 8.25. The molecule has 0 saturated carbocycles. The maximum Gasteiger partial charge on any atom is 0.341 e. The zero-order chi connectivity index (χ0) is 21.0. The number of hydrogen-bond acceptors (Lipinski definition) is 7. The van der Waals surface area contributed by atoms with Crippen LogP contribution in [0.2, 0.25) is 0 Å². The monoisotopic (exact) mass is 405 g/mol. The number of nitro benzene ring substituents is 1. The Morgan fingerprint density at radius 2 is 1.89 bits per heavy atom. The largest absolute Gasteiger partial charge is 0.462 e. The summed E-state index contributed by atoms with van der Waals surface area (Å²) in [5.41, 5.74) is -0.0894. The fourth-order valence-electron chi connectivity index (χ4n) is 2.45. The Kier molecular flexibility index (Phi) is 6.47. The van der Waals surface area contributed by atoms with Crippen molar-refractivity contribution in [2.45, 2.75) is 13.8 Å². The van der Waals surface area contributed by atoms with Gasteiger partial charge < -0.3 is 15.0 Å². The molecule has 28 heavy (non-hydrogen) atoms. The first-order valence-corrected chi connectivity index (χ1v) is 9.07. The van der Waals surface area contributed by atoms with Crippen LogP contribution in [0.15, 0.2) is 24.3 Å². The highest BCUT2D eigenvalue weighted by molar-refractivity contribution is 7.18. The maximum atomic E-state index is 12.6. The number of esters is 1. The van der Waals surface area contributed by atoms with Crippen LogP contribution in [0.25, 0.3) is 0 Å². The molecule has 0 radical (unpaired) electrons. The van der Waals surface area contributed by atoms with E-state index in [0.717, 1.165) is 11.3 Å². The van der Waals surface area contributed by atoms with Gasteiger partial charge in [0.25, 0.3) is 17.5 Å². The minimum Gasteiger partial charge on any atom is -0.462 e. The van der Waals surface area contributed by atoms with Crippen molar-refractivity contribution in [1.82, 2.24) is 4.90 Å². The molecule has 9 nitrogen and oxygen atoms in total. The summed E-state index contributed by atoms with van der Waals surface area (Å²) in [6.07, 6.45) is 0. The minimum absolute atomic E-state index is 0.0592. The Balaban J connectivity index is 2.51. The average Bonchev–Trinajstić information content (AvgIpc) is 2.96. The van der Waals surface area contributed by atoms with Gasteiger partial charge in [0.2, 0.25) is 0 Å². The molecule has 0 unspecified atom stereocenters. The summed E-state index contributed by atoms with van der Waals surface area (Å²) in [5, 5.41) is 13.8. The SMILES string of the molecule is CCOC(=O)c1c(NC(=O)c2ccccc2[N+](=O)[O-])sc(C(=O)N(C)C)c1C. The Hall–Kier alpha value is -3.27. The van der Waals surface area contributed by atoms with Crippen LogP contribution in [0.3, 0.4) is 0 Å². The van der Waals surface area contributed by atoms with E-state index in [1.54, 1.807) is 27.9 Å². The number of ether oxygens (including phenoxy) is 1. The van der Waals surface area contributed by atoms with Gasteiger partial charge in [0.15, 0.2) is 0 Å². The number of nitrogens with one attached hydrogen (secondary N) is 1. The van der Waals surface area contributed by atoms with E-state index in [0.29, 0.717) is 5.56 Å². The highest BCUT2D eigenvalue weighted by Gasteiger charge is 2.28. The van der Waals surface area contributed by atoms with Crippen LogP contribution in [0.4, 0.5) is 10.7 Å². The van der Waals surface area contributed by atoms with Gasteiger partial charge in [-0.15, -0.1) is 11.3 Å². The standard InChI is InChI=1S/C18H19N3O6S/c1-5-27-18(24)13-10(2)14(17(23)20(3)4)28-16(13)19-15(22)11-8-6-7-9-12(11)21(25)26/h6-9H,5H2,1-4H3,(H,19,22). The summed E-state index contributed by atoms with van der Waals surface area (Å²) in [7, 11) is 3.13. The van der Waals surface area contributed by atoms with Crippen LogP contribution in [0, 0.1) is 17.0 Å². The van der Waals surface area contributed by atoms with E-state index < -0.39 is 16.8 Å². The van der Waals surface area contributed by atoms with Crippen molar-refractivity contribution in [2.24, 2.45) is 0 Å². The zero-order valence-corrected chi connectivity index (χ0v) is 16.6. The van der Waals surface area contributed by atoms with Crippen LogP contribution in [0.5, 0.6) is 0 Å². The molecule has 0 aliphatic heterocycles. The lowest BCUT2D eigenvalue weighted by Gasteiger charge is -2.09. The van der Waals surface area contributed by atoms with E-state index in [4.69, 9.17) is 4.74 Å². The number of amides is 2. The lowest BCUT2D eigenvalue weighted by molar-refractivity contribution is -0.385. The second kappa shape index (κ2) is 8.61. The summed E-state index contributed by atoms with van der Waals surface area (Å²) < 4.78 is 5.04. The van der Waals surface area contributed by atoms with E-state index in [1.165, 1.54) is 29.2 Å². The smallest absolute Gasteiger partial charge is 0.341 e. The van der Waals surface area contributed by atoms with Crippen molar-refractivity contribution in [1.29, 1.82) is 0 Å². The number of hydrogen-bond donors (Lipinski definition) is 1. The number of rotatable bonds is 6. The third kappa shape index (κ3) is 4.17. The molecule has 0 bridgehead atoms. The van der Waals surface area contributed by atoms with Crippen molar-refractivity contribution in [3.05, 3.63) is 55.9 Å². The highest BCUT2D eigenvalue weighted by Crippen LogP contribution is 2.35. The van der Waals surface area contributed by atoms with Crippen molar-refractivity contribution < 1.29 is 24.0 Å². The second-order valence-corrected chi connectivity index (χ2v) is 6.93. The summed E-state index contributed by atoms with van der Waals surface area (Å²) in [4.78, 5) is 49.5. The van der Waals surface area contributed by atoms with Crippen molar-refractivity contribution in [2.75, 3.05) is 26.0 Å². The quantitative estimate of drug-likeness (QED) is 0.448. The minimum atomic E-state index is -0.761. The predicted octanol–water partition coefficient (Wildman–Crippen LogP) is 3.10. The highest BCUT2D eigenvalue weighted by atomic mass is 32.1. The summed E-state index contributed by atoms with van der Waals surface area (Å²) in [6, 6.07) is 5.46. The molecule has 2 rings (SSSR count). The molecular formula is C18H19N3O6S. The van der Waals surface area contributed by atoms with E-state index in [-0.39, 0.29) is 39.2 Å². The lowest BCUT2D eigenvalue weighted by Crippen LogP contribution is -2.21. The van der Waals surface area contributed by atoms with Crippen LogP contribution in [-0.4, -0.2) is 48.3 Å².